The minimum Gasteiger partial charge on any atom is -0.550 e. The molecule has 4 N–H and O–H groups in total. The van der Waals surface area contributed by atoms with Gasteiger partial charge in [-0.05, 0) is 19.3 Å². The van der Waals surface area contributed by atoms with Crippen molar-refractivity contribution in [3.63, 3.8) is 0 Å². The summed E-state index contributed by atoms with van der Waals surface area (Å²) in [6.07, 6.45) is 1.30. The number of carbonyl (C=O) groups is 1. The van der Waals surface area contributed by atoms with E-state index in [9.17, 15) is 9.90 Å². The summed E-state index contributed by atoms with van der Waals surface area (Å²) in [4.78, 5) is 13.6. The first kappa shape index (κ1) is 9.74. The monoisotopic (exact) mass is 158 g/mol. The molecule has 0 saturated carbocycles. The lowest BCUT2D eigenvalue weighted by atomic mass is 10.2. The smallest absolute Gasteiger partial charge is 0.185 e. The van der Waals surface area contributed by atoms with Crippen molar-refractivity contribution in [3.8, 4) is 0 Å². The van der Waals surface area contributed by atoms with Crippen LogP contribution in [0.4, 0.5) is 0 Å². The molecular formula is C6H12N3O2-. The van der Waals surface area contributed by atoms with Crippen LogP contribution in [-0.4, -0.2) is 18.5 Å². The van der Waals surface area contributed by atoms with Crippen LogP contribution in [0, 0.1) is 0 Å². The zero-order chi connectivity index (χ0) is 8.69. The molecule has 0 amide bonds. The van der Waals surface area contributed by atoms with Gasteiger partial charge in [-0.1, -0.05) is 0 Å². The summed E-state index contributed by atoms with van der Waals surface area (Å²) in [6.45, 7) is 0.482. The predicted octanol–water partition coefficient (Wildman–Crippen LogP) is -1.82. The van der Waals surface area contributed by atoms with E-state index in [4.69, 9.17) is 11.5 Å². The standard InChI is InChI=1S/C6H13N3O2/c7-6(8)9-4-2-1-3-5(10)11/h1-4H2,(H,10,11)(H4,7,8,9)/p-1. The van der Waals surface area contributed by atoms with E-state index >= 15 is 0 Å². The normalized spacial score (nSPS) is 9.09. The largest absolute Gasteiger partial charge is 0.550 e. The van der Waals surface area contributed by atoms with Crippen LogP contribution < -0.4 is 16.6 Å². The molecule has 0 heterocycles. The number of carboxylic acids is 1. The molecule has 0 saturated heterocycles. The molecular weight excluding hydrogens is 146 g/mol. The molecule has 5 heteroatoms. The number of guanidine groups is 1. The van der Waals surface area contributed by atoms with Crippen molar-refractivity contribution < 1.29 is 9.90 Å². The molecule has 5 nitrogen and oxygen atoms in total. The molecule has 0 aliphatic heterocycles. The Bertz CT molecular complexity index is 152. The van der Waals surface area contributed by atoms with E-state index in [0.29, 0.717) is 19.4 Å². The third kappa shape index (κ3) is 8.74. The van der Waals surface area contributed by atoms with Gasteiger partial charge in [-0.25, -0.2) is 0 Å². The number of carbonyl (C=O) groups excluding carboxylic acids is 1. The van der Waals surface area contributed by atoms with Crippen LogP contribution in [0.2, 0.25) is 0 Å². The molecule has 0 fully saturated rings. The second-order valence-electron chi connectivity index (χ2n) is 2.14. The molecule has 0 aliphatic carbocycles. The molecule has 0 aromatic heterocycles. The van der Waals surface area contributed by atoms with E-state index in [1.165, 1.54) is 0 Å². The Morgan fingerprint density at radius 1 is 1.36 bits per heavy atom. The van der Waals surface area contributed by atoms with Crippen LogP contribution in [0.15, 0.2) is 4.99 Å². The third-order valence-corrected chi connectivity index (χ3v) is 1.08. The number of carboxylic acid groups (broad SMARTS) is 1. The van der Waals surface area contributed by atoms with Gasteiger partial charge in [0.25, 0.3) is 0 Å². The van der Waals surface area contributed by atoms with Crippen molar-refractivity contribution in [2.24, 2.45) is 16.5 Å². The Hall–Kier alpha value is -1.26. The highest BCUT2D eigenvalue weighted by Gasteiger charge is 1.87. The fourth-order valence-electron chi connectivity index (χ4n) is 0.589. The second kappa shape index (κ2) is 5.52. The highest BCUT2D eigenvalue weighted by molar-refractivity contribution is 5.75. The molecule has 0 aliphatic rings. The van der Waals surface area contributed by atoms with E-state index in [2.05, 4.69) is 4.99 Å². The van der Waals surface area contributed by atoms with Gasteiger partial charge >= 0.3 is 0 Å². The van der Waals surface area contributed by atoms with Gasteiger partial charge in [0.2, 0.25) is 0 Å². The minimum atomic E-state index is -1.03. The van der Waals surface area contributed by atoms with E-state index in [1.54, 1.807) is 0 Å². The molecule has 64 valence electrons. The van der Waals surface area contributed by atoms with Crippen LogP contribution in [-0.2, 0) is 4.79 Å². The molecule has 0 bridgehead atoms. The highest BCUT2D eigenvalue weighted by Crippen LogP contribution is 1.93. The molecule has 0 spiro atoms. The molecule has 0 unspecified atom stereocenters. The van der Waals surface area contributed by atoms with Gasteiger partial charge in [0.15, 0.2) is 5.96 Å². The molecule has 0 radical (unpaired) electrons. The fraction of sp³-hybridized carbons (Fsp3) is 0.667. The summed E-state index contributed by atoms with van der Waals surface area (Å²) in [6, 6.07) is 0. The molecule has 0 rings (SSSR count). The van der Waals surface area contributed by atoms with Crippen molar-refractivity contribution >= 4 is 11.9 Å². The number of rotatable bonds is 5. The van der Waals surface area contributed by atoms with Gasteiger partial charge in [0, 0.05) is 12.5 Å². The SMILES string of the molecule is NC(N)=NCCCCC(=O)[O-]. The maximum absolute atomic E-state index is 9.90. The zero-order valence-electron chi connectivity index (χ0n) is 6.25. The highest BCUT2D eigenvalue weighted by atomic mass is 16.4. The Morgan fingerprint density at radius 2 is 2.00 bits per heavy atom. The molecule has 0 atom stereocenters. The number of hydrogen-bond donors (Lipinski definition) is 2. The summed E-state index contributed by atoms with van der Waals surface area (Å²) in [5, 5.41) is 9.90. The number of hydrogen-bond acceptors (Lipinski definition) is 3. The fourth-order valence-corrected chi connectivity index (χ4v) is 0.589. The van der Waals surface area contributed by atoms with E-state index in [0.717, 1.165) is 0 Å². The van der Waals surface area contributed by atoms with Crippen molar-refractivity contribution in [1.29, 1.82) is 0 Å². The summed E-state index contributed by atoms with van der Waals surface area (Å²) in [5.41, 5.74) is 10.1. The average Bonchev–Trinajstić information content (AvgIpc) is 1.85. The molecule has 0 aromatic rings. The van der Waals surface area contributed by atoms with Gasteiger partial charge in [0.05, 0.1) is 0 Å². The van der Waals surface area contributed by atoms with Crippen LogP contribution in [0.25, 0.3) is 0 Å². The van der Waals surface area contributed by atoms with E-state index in [-0.39, 0.29) is 12.4 Å². The van der Waals surface area contributed by atoms with Crippen molar-refractivity contribution in [3.05, 3.63) is 0 Å². The number of unbranched alkanes of at least 4 members (excludes halogenated alkanes) is 1. The van der Waals surface area contributed by atoms with Gasteiger partial charge in [-0.3, -0.25) is 4.99 Å². The number of nitrogens with zero attached hydrogens (tertiary/aromatic N) is 1. The second-order valence-corrected chi connectivity index (χ2v) is 2.14. The first-order valence-corrected chi connectivity index (χ1v) is 3.38. The van der Waals surface area contributed by atoms with E-state index in [1.807, 2.05) is 0 Å². The van der Waals surface area contributed by atoms with Crippen molar-refractivity contribution in [2.75, 3.05) is 6.54 Å². The van der Waals surface area contributed by atoms with Crippen molar-refractivity contribution in [2.45, 2.75) is 19.3 Å². The predicted molar refractivity (Wildman–Crippen MR) is 39.5 cm³/mol. The van der Waals surface area contributed by atoms with Gasteiger partial charge < -0.3 is 21.4 Å². The van der Waals surface area contributed by atoms with Gasteiger partial charge in [-0.15, -0.1) is 0 Å². The zero-order valence-corrected chi connectivity index (χ0v) is 6.25. The molecule has 0 aromatic carbocycles. The lowest BCUT2D eigenvalue weighted by Gasteiger charge is -1.99. The Morgan fingerprint density at radius 3 is 2.45 bits per heavy atom. The molecule has 11 heavy (non-hydrogen) atoms. The maximum Gasteiger partial charge on any atom is 0.185 e. The van der Waals surface area contributed by atoms with Crippen molar-refractivity contribution in [1.82, 2.24) is 0 Å². The number of aliphatic carboxylic acids is 1. The van der Waals surface area contributed by atoms with E-state index < -0.39 is 5.97 Å². The van der Waals surface area contributed by atoms with Crippen LogP contribution in [0.1, 0.15) is 19.3 Å². The number of aliphatic imine (C=N–C) groups is 1. The summed E-state index contributed by atoms with van der Waals surface area (Å²) in [7, 11) is 0. The van der Waals surface area contributed by atoms with Crippen LogP contribution in [0.3, 0.4) is 0 Å². The Labute approximate surface area is 65.1 Å². The maximum atomic E-state index is 9.90. The summed E-state index contributed by atoms with van der Waals surface area (Å²) >= 11 is 0. The quantitative estimate of drug-likeness (QED) is 0.279. The summed E-state index contributed by atoms with van der Waals surface area (Å²) in [5.74, 6) is -0.992. The Kier molecular flexibility index (Phi) is 4.89. The average molecular weight is 158 g/mol. The topological polar surface area (TPSA) is 105 Å². The van der Waals surface area contributed by atoms with Crippen LogP contribution >= 0.6 is 0 Å². The summed E-state index contributed by atoms with van der Waals surface area (Å²) < 4.78 is 0. The first-order chi connectivity index (χ1) is 5.13. The van der Waals surface area contributed by atoms with Gasteiger partial charge in [0.1, 0.15) is 0 Å². The lowest BCUT2D eigenvalue weighted by Crippen LogP contribution is -2.23. The number of nitrogens with two attached hydrogens (primary N) is 2. The third-order valence-electron chi connectivity index (χ3n) is 1.08. The van der Waals surface area contributed by atoms with Gasteiger partial charge in [-0.2, -0.15) is 0 Å². The van der Waals surface area contributed by atoms with Crippen LogP contribution in [0.5, 0.6) is 0 Å². The lowest BCUT2D eigenvalue weighted by molar-refractivity contribution is -0.305. The first-order valence-electron chi connectivity index (χ1n) is 3.38. The Balaban J connectivity index is 3.15. The minimum absolute atomic E-state index is 0.0402.